The van der Waals surface area contributed by atoms with Crippen LogP contribution >= 0.6 is 0 Å². The van der Waals surface area contributed by atoms with Crippen molar-refractivity contribution in [2.24, 2.45) is 0 Å². The van der Waals surface area contributed by atoms with E-state index in [-0.39, 0.29) is 12.7 Å². The first-order valence-electron chi connectivity index (χ1n) is 6.38. The molecule has 0 saturated heterocycles. The molecule has 1 atom stereocenters. The first kappa shape index (κ1) is 15.4. The number of terminal acetylenes is 1. The van der Waals surface area contributed by atoms with Gasteiger partial charge in [-0.3, -0.25) is 0 Å². The van der Waals surface area contributed by atoms with Crippen LogP contribution in [0.3, 0.4) is 0 Å². The molecule has 0 aliphatic carbocycles. The normalized spacial score (nSPS) is 11.7. The third-order valence-electron chi connectivity index (χ3n) is 2.42. The summed E-state index contributed by atoms with van der Waals surface area (Å²) in [6.07, 6.45) is 4.84. The molecule has 0 radical (unpaired) electrons. The Morgan fingerprint density at radius 1 is 1.42 bits per heavy atom. The molecular weight excluding hydrogens is 242 g/mol. The number of benzene rings is 1. The fourth-order valence-electron chi connectivity index (χ4n) is 1.66. The lowest BCUT2D eigenvalue weighted by Crippen LogP contribution is -2.24. The van der Waals surface area contributed by atoms with Crippen LogP contribution in [0.4, 0.5) is 0 Å². The third kappa shape index (κ3) is 5.21. The highest BCUT2D eigenvalue weighted by molar-refractivity contribution is 5.46. The number of para-hydroxylation sites is 1. The van der Waals surface area contributed by atoms with E-state index < -0.39 is 0 Å². The van der Waals surface area contributed by atoms with Crippen molar-refractivity contribution < 1.29 is 14.6 Å². The molecule has 4 nitrogen and oxygen atoms in total. The van der Waals surface area contributed by atoms with Crippen LogP contribution in [0.15, 0.2) is 18.2 Å². The molecule has 1 aromatic carbocycles. The fraction of sp³-hybridized carbons (Fsp3) is 0.467. The van der Waals surface area contributed by atoms with Gasteiger partial charge in [-0.2, -0.15) is 0 Å². The van der Waals surface area contributed by atoms with E-state index in [9.17, 15) is 5.11 Å². The maximum Gasteiger partial charge on any atom is 0.167 e. The van der Waals surface area contributed by atoms with Crippen molar-refractivity contribution in [3.8, 4) is 23.8 Å². The summed E-state index contributed by atoms with van der Waals surface area (Å²) in [4.78, 5) is 0. The molecule has 0 aromatic heterocycles. The summed E-state index contributed by atoms with van der Waals surface area (Å²) >= 11 is 0. The van der Waals surface area contributed by atoms with Gasteiger partial charge >= 0.3 is 0 Å². The van der Waals surface area contributed by atoms with Crippen molar-refractivity contribution in [2.45, 2.75) is 26.5 Å². The van der Waals surface area contributed by atoms with E-state index in [1.165, 1.54) is 0 Å². The van der Waals surface area contributed by atoms with Gasteiger partial charge in [-0.1, -0.05) is 18.1 Å². The second kappa shape index (κ2) is 8.41. The Bertz CT molecular complexity index is 424. The van der Waals surface area contributed by atoms with Gasteiger partial charge in [0.05, 0.1) is 12.7 Å². The molecule has 0 aliphatic rings. The second-order valence-corrected chi connectivity index (χ2v) is 4.15. The fourth-order valence-corrected chi connectivity index (χ4v) is 1.66. The largest absolute Gasteiger partial charge is 0.490 e. The highest BCUT2D eigenvalue weighted by atomic mass is 16.5. The van der Waals surface area contributed by atoms with Crippen molar-refractivity contribution in [1.82, 2.24) is 5.32 Å². The van der Waals surface area contributed by atoms with Gasteiger partial charge in [-0.25, -0.2) is 0 Å². The van der Waals surface area contributed by atoms with Crippen LogP contribution in [0, 0.1) is 12.3 Å². The van der Waals surface area contributed by atoms with Gasteiger partial charge in [0.2, 0.25) is 0 Å². The number of ether oxygens (including phenoxy) is 2. The maximum absolute atomic E-state index is 9.23. The van der Waals surface area contributed by atoms with Crippen LogP contribution < -0.4 is 14.8 Å². The Balaban J connectivity index is 2.81. The quantitative estimate of drug-likeness (QED) is 0.699. The van der Waals surface area contributed by atoms with E-state index in [1.54, 1.807) is 6.92 Å². The Kier molecular flexibility index (Phi) is 6.80. The molecule has 0 spiro atoms. The summed E-state index contributed by atoms with van der Waals surface area (Å²) in [7, 11) is 0. The predicted octanol–water partition coefficient (Wildman–Crippen LogP) is 1.57. The van der Waals surface area contributed by atoms with Crippen LogP contribution in [0.2, 0.25) is 0 Å². The smallest absolute Gasteiger partial charge is 0.167 e. The van der Waals surface area contributed by atoms with Gasteiger partial charge < -0.3 is 19.9 Å². The number of hydrogen-bond donors (Lipinski definition) is 2. The average Bonchev–Trinajstić information content (AvgIpc) is 2.38. The molecule has 0 aliphatic heterocycles. The van der Waals surface area contributed by atoms with Gasteiger partial charge in [0, 0.05) is 18.7 Å². The number of aliphatic hydroxyl groups excluding tert-OH is 1. The van der Waals surface area contributed by atoms with Crippen molar-refractivity contribution in [2.75, 3.05) is 19.8 Å². The molecule has 1 unspecified atom stereocenters. The van der Waals surface area contributed by atoms with Crippen molar-refractivity contribution in [3.63, 3.8) is 0 Å². The minimum Gasteiger partial charge on any atom is -0.490 e. The molecule has 0 bridgehead atoms. The third-order valence-corrected chi connectivity index (χ3v) is 2.42. The molecule has 1 aromatic rings. The molecule has 2 N–H and O–H groups in total. The molecule has 0 amide bonds. The van der Waals surface area contributed by atoms with Crippen LogP contribution in [0.5, 0.6) is 11.5 Å². The first-order valence-corrected chi connectivity index (χ1v) is 6.38. The summed E-state index contributed by atoms with van der Waals surface area (Å²) in [5.41, 5.74) is 0.960. The molecule has 0 fully saturated rings. The van der Waals surface area contributed by atoms with Crippen LogP contribution in [0.25, 0.3) is 0 Å². The zero-order valence-corrected chi connectivity index (χ0v) is 11.5. The lowest BCUT2D eigenvalue weighted by Gasteiger charge is -2.15. The van der Waals surface area contributed by atoms with Gasteiger partial charge in [-0.05, 0) is 19.9 Å². The summed E-state index contributed by atoms with van der Waals surface area (Å²) in [6, 6.07) is 5.71. The predicted molar refractivity (Wildman–Crippen MR) is 75.3 cm³/mol. The number of rotatable bonds is 8. The molecule has 4 heteroatoms. The molecule has 1 rings (SSSR count). The molecule has 0 heterocycles. The average molecular weight is 263 g/mol. The Morgan fingerprint density at radius 3 is 2.84 bits per heavy atom. The summed E-state index contributed by atoms with van der Waals surface area (Å²) in [5, 5.41) is 12.4. The Morgan fingerprint density at radius 2 is 2.21 bits per heavy atom. The number of aliphatic hydroxyl groups is 1. The summed E-state index contributed by atoms with van der Waals surface area (Å²) in [6.45, 7) is 5.53. The van der Waals surface area contributed by atoms with Crippen molar-refractivity contribution in [1.29, 1.82) is 0 Å². The molecule has 0 saturated carbocycles. The van der Waals surface area contributed by atoms with Crippen molar-refractivity contribution >= 4 is 0 Å². The minimum absolute atomic E-state index is 0.202. The van der Waals surface area contributed by atoms with Crippen LogP contribution in [0.1, 0.15) is 19.4 Å². The molecular formula is C15H21NO3. The second-order valence-electron chi connectivity index (χ2n) is 4.15. The highest BCUT2D eigenvalue weighted by Gasteiger charge is 2.10. The topological polar surface area (TPSA) is 50.7 Å². The van der Waals surface area contributed by atoms with E-state index in [0.717, 1.165) is 5.56 Å². The number of nitrogens with one attached hydrogen (secondary N) is 1. The lowest BCUT2D eigenvalue weighted by molar-refractivity contribution is 0.190. The summed E-state index contributed by atoms with van der Waals surface area (Å²) in [5.74, 6) is 3.80. The van der Waals surface area contributed by atoms with Gasteiger partial charge in [0.15, 0.2) is 11.5 Å². The van der Waals surface area contributed by atoms with E-state index in [4.69, 9.17) is 15.9 Å². The minimum atomic E-state index is -0.384. The number of hydrogen-bond acceptors (Lipinski definition) is 4. The van der Waals surface area contributed by atoms with E-state index in [0.29, 0.717) is 31.2 Å². The highest BCUT2D eigenvalue weighted by Crippen LogP contribution is 2.31. The van der Waals surface area contributed by atoms with E-state index in [1.807, 2.05) is 25.1 Å². The standard InChI is InChI=1S/C15H21NO3/c1-4-9-19-15-13(11-16-10-12(3)17)7-6-8-14(15)18-5-2/h1,6-8,12,16-17H,5,9-11H2,2-3H3. The van der Waals surface area contributed by atoms with Gasteiger partial charge in [-0.15, -0.1) is 6.42 Å². The van der Waals surface area contributed by atoms with E-state index in [2.05, 4.69) is 11.2 Å². The lowest BCUT2D eigenvalue weighted by atomic mass is 10.2. The van der Waals surface area contributed by atoms with Crippen molar-refractivity contribution in [3.05, 3.63) is 23.8 Å². The summed E-state index contributed by atoms with van der Waals surface area (Å²) < 4.78 is 11.1. The Hall–Kier alpha value is -1.70. The first-order chi connectivity index (χ1) is 9.19. The van der Waals surface area contributed by atoms with Crippen LogP contribution in [-0.2, 0) is 6.54 Å². The zero-order valence-electron chi connectivity index (χ0n) is 11.5. The van der Waals surface area contributed by atoms with Gasteiger partial charge in [0.25, 0.3) is 0 Å². The monoisotopic (exact) mass is 263 g/mol. The molecule has 19 heavy (non-hydrogen) atoms. The molecule has 104 valence electrons. The van der Waals surface area contributed by atoms with Crippen LogP contribution in [-0.4, -0.2) is 31.0 Å². The Labute approximate surface area is 114 Å². The zero-order chi connectivity index (χ0) is 14.1. The SMILES string of the molecule is C#CCOc1c(CNCC(C)O)cccc1OCC. The van der Waals surface area contributed by atoms with Gasteiger partial charge in [0.1, 0.15) is 6.61 Å². The maximum atomic E-state index is 9.23. The van der Waals surface area contributed by atoms with E-state index >= 15 is 0 Å².